The Morgan fingerprint density at radius 2 is 1.07 bits per heavy atom. The first-order chi connectivity index (χ1) is 6.67. The van der Waals surface area contributed by atoms with Crippen LogP contribution in [0.3, 0.4) is 0 Å². The zero-order valence-electron chi connectivity index (χ0n) is 10.3. The second kappa shape index (κ2) is 8.21. The fourth-order valence-corrected chi connectivity index (χ4v) is 1.68. The third-order valence-electron chi connectivity index (χ3n) is 2.77. The number of hydrogen-bond donors (Lipinski definition) is 1. The maximum Gasteiger partial charge on any atom is 0.0297 e. The molecular formula is C11H27N3. The number of rotatable bonds is 8. The Morgan fingerprint density at radius 1 is 0.786 bits per heavy atom. The summed E-state index contributed by atoms with van der Waals surface area (Å²) in [4.78, 5) is 4.77. The zero-order valence-corrected chi connectivity index (χ0v) is 10.3. The van der Waals surface area contributed by atoms with Gasteiger partial charge in [0.15, 0.2) is 0 Å². The molecule has 14 heavy (non-hydrogen) atoms. The molecule has 0 radical (unpaired) electrons. The molecule has 3 heteroatoms. The zero-order chi connectivity index (χ0) is 11.0. The molecular weight excluding hydrogens is 174 g/mol. The average Bonchev–Trinajstić information content (AvgIpc) is 2.22. The van der Waals surface area contributed by atoms with Crippen LogP contribution in [0.25, 0.3) is 0 Å². The van der Waals surface area contributed by atoms with Gasteiger partial charge in [0.05, 0.1) is 0 Å². The summed E-state index contributed by atoms with van der Waals surface area (Å²) in [6.45, 7) is 15.2. The summed E-state index contributed by atoms with van der Waals surface area (Å²) in [5.41, 5.74) is 6.09. The fourth-order valence-electron chi connectivity index (χ4n) is 1.68. The smallest absolute Gasteiger partial charge is 0.0297 e. The van der Waals surface area contributed by atoms with Gasteiger partial charge in [0.2, 0.25) is 0 Å². The molecule has 0 heterocycles. The van der Waals surface area contributed by atoms with Crippen molar-refractivity contribution in [2.24, 2.45) is 5.73 Å². The highest BCUT2D eigenvalue weighted by Crippen LogP contribution is 1.94. The lowest BCUT2D eigenvalue weighted by atomic mass is 10.2. The molecule has 0 aliphatic rings. The molecule has 0 saturated heterocycles. The molecule has 0 bridgehead atoms. The molecule has 0 aliphatic carbocycles. The third-order valence-corrected chi connectivity index (χ3v) is 2.77. The molecule has 0 aliphatic heterocycles. The van der Waals surface area contributed by atoms with Crippen molar-refractivity contribution in [3.05, 3.63) is 0 Å². The van der Waals surface area contributed by atoms with Crippen LogP contribution < -0.4 is 5.73 Å². The Bertz CT molecular complexity index is 106. The van der Waals surface area contributed by atoms with Gasteiger partial charge in [-0.3, -0.25) is 0 Å². The highest BCUT2D eigenvalue weighted by atomic mass is 15.2. The SMILES string of the molecule is CCN(CC)CC(N)CN(CC)CC. The van der Waals surface area contributed by atoms with Crippen molar-refractivity contribution in [3.63, 3.8) is 0 Å². The first-order valence-corrected chi connectivity index (χ1v) is 5.88. The lowest BCUT2D eigenvalue weighted by molar-refractivity contribution is 0.228. The van der Waals surface area contributed by atoms with E-state index in [1.54, 1.807) is 0 Å². The predicted molar refractivity (Wildman–Crippen MR) is 63.6 cm³/mol. The van der Waals surface area contributed by atoms with Crippen LogP contribution in [0.15, 0.2) is 0 Å². The summed E-state index contributed by atoms with van der Waals surface area (Å²) in [6, 6.07) is 0.287. The van der Waals surface area contributed by atoms with Crippen LogP contribution >= 0.6 is 0 Å². The van der Waals surface area contributed by atoms with E-state index in [-0.39, 0.29) is 6.04 Å². The van der Waals surface area contributed by atoms with Crippen LogP contribution in [0.4, 0.5) is 0 Å². The topological polar surface area (TPSA) is 32.5 Å². The van der Waals surface area contributed by atoms with Gasteiger partial charge in [-0.1, -0.05) is 27.7 Å². The van der Waals surface area contributed by atoms with Crippen LogP contribution in [0.1, 0.15) is 27.7 Å². The van der Waals surface area contributed by atoms with E-state index >= 15 is 0 Å². The van der Waals surface area contributed by atoms with Gasteiger partial charge in [-0.05, 0) is 26.2 Å². The minimum absolute atomic E-state index is 0.287. The lowest BCUT2D eigenvalue weighted by Gasteiger charge is -2.27. The molecule has 0 unspecified atom stereocenters. The van der Waals surface area contributed by atoms with Crippen molar-refractivity contribution in [3.8, 4) is 0 Å². The predicted octanol–water partition coefficient (Wildman–Crippen LogP) is 0.997. The van der Waals surface area contributed by atoms with Crippen molar-refractivity contribution in [2.45, 2.75) is 33.7 Å². The number of nitrogens with zero attached hydrogens (tertiary/aromatic N) is 2. The van der Waals surface area contributed by atoms with Crippen molar-refractivity contribution < 1.29 is 0 Å². The normalized spacial score (nSPS) is 12.0. The summed E-state index contributed by atoms with van der Waals surface area (Å²) in [5, 5.41) is 0. The average molecular weight is 201 g/mol. The van der Waals surface area contributed by atoms with Gasteiger partial charge in [0.25, 0.3) is 0 Å². The largest absolute Gasteiger partial charge is 0.325 e. The first kappa shape index (κ1) is 13.9. The Morgan fingerprint density at radius 3 is 1.29 bits per heavy atom. The van der Waals surface area contributed by atoms with Crippen LogP contribution in [-0.4, -0.2) is 55.1 Å². The highest BCUT2D eigenvalue weighted by Gasteiger charge is 2.10. The maximum atomic E-state index is 6.09. The molecule has 3 nitrogen and oxygen atoms in total. The second-order valence-electron chi connectivity index (χ2n) is 3.73. The monoisotopic (exact) mass is 201 g/mol. The first-order valence-electron chi connectivity index (χ1n) is 5.88. The van der Waals surface area contributed by atoms with Gasteiger partial charge >= 0.3 is 0 Å². The number of hydrogen-bond acceptors (Lipinski definition) is 3. The fraction of sp³-hybridized carbons (Fsp3) is 1.00. The summed E-state index contributed by atoms with van der Waals surface area (Å²) in [6.07, 6.45) is 0. The standard InChI is InChI=1S/C11H27N3/c1-5-13(6-2)9-11(12)10-14(7-3)8-4/h11H,5-10,12H2,1-4H3. The minimum atomic E-state index is 0.287. The molecule has 0 saturated carbocycles. The molecule has 0 aromatic carbocycles. The van der Waals surface area contributed by atoms with E-state index in [4.69, 9.17) is 5.73 Å². The molecule has 2 N–H and O–H groups in total. The quantitative estimate of drug-likeness (QED) is 0.636. The summed E-state index contributed by atoms with van der Waals surface area (Å²) in [5.74, 6) is 0. The Balaban J connectivity index is 3.77. The second-order valence-corrected chi connectivity index (χ2v) is 3.73. The third kappa shape index (κ3) is 5.58. The van der Waals surface area contributed by atoms with E-state index in [0.717, 1.165) is 39.3 Å². The van der Waals surface area contributed by atoms with Gasteiger partial charge in [-0.25, -0.2) is 0 Å². The van der Waals surface area contributed by atoms with Gasteiger partial charge in [0.1, 0.15) is 0 Å². The van der Waals surface area contributed by atoms with Crippen molar-refractivity contribution in [2.75, 3.05) is 39.3 Å². The van der Waals surface area contributed by atoms with E-state index in [0.29, 0.717) is 0 Å². The Labute approximate surface area is 89.2 Å². The molecule has 0 fully saturated rings. The number of likely N-dealkylation sites (N-methyl/N-ethyl adjacent to an activating group) is 2. The maximum absolute atomic E-state index is 6.09. The van der Waals surface area contributed by atoms with E-state index in [1.165, 1.54) is 0 Å². The molecule has 0 atom stereocenters. The van der Waals surface area contributed by atoms with Crippen molar-refractivity contribution in [1.29, 1.82) is 0 Å². The molecule has 0 spiro atoms. The Hall–Kier alpha value is -0.120. The van der Waals surface area contributed by atoms with E-state index in [2.05, 4.69) is 37.5 Å². The van der Waals surface area contributed by atoms with Crippen molar-refractivity contribution >= 4 is 0 Å². The van der Waals surface area contributed by atoms with Gasteiger partial charge < -0.3 is 15.5 Å². The van der Waals surface area contributed by atoms with Crippen LogP contribution in [0.2, 0.25) is 0 Å². The van der Waals surface area contributed by atoms with Crippen molar-refractivity contribution in [1.82, 2.24) is 9.80 Å². The highest BCUT2D eigenvalue weighted by molar-refractivity contribution is 4.71. The van der Waals surface area contributed by atoms with E-state index in [9.17, 15) is 0 Å². The van der Waals surface area contributed by atoms with Gasteiger partial charge in [0, 0.05) is 19.1 Å². The summed E-state index contributed by atoms with van der Waals surface area (Å²) >= 11 is 0. The molecule has 86 valence electrons. The van der Waals surface area contributed by atoms with Crippen LogP contribution in [0.5, 0.6) is 0 Å². The van der Waals surface area contributed by atoms with Gasteiger partial charge in [-0.2, -0.15) is 0 Å². The van der Waals surface area contributed by atoms with Crippen LogP contribution in [-0.2, 0) is 0 Å². The van der Waals surface area contributed by atoms with Crippen LogP contribution in [0, 0.1) is 0 Å². The van der Waals surface area contributed by atoms with Gasteiger partial charge in [-0.15, -0.1) is 0 Å². The molecule has 0 aromatic rings. The summed E-state index contributed by atoms with van der Waals surface area (Å²) < 4.78 is 0. The minimum Gasteiger partial charge on any atom is -0.325 e. The lowest BCUT2D eigenvalue weighted by Crippen LogP contribution is -2.45. The molecule has 0 amide bonds. The summed E-state index contributed by atoms with van der Waals surface area (Å²) in [7, 11) is 0. The molecule has 0 rings (SSSR count). The molecule has 0 aromatic heterocycles. The van der Waals surface area contributed by atoms with E-state index in [1.807, 2.05) is 0 Å². The van der Waals surface area contributed by atoms with E-state index < -0.39 is 0 Å². The Kier molecular flexibility index (Phi) is 8.14. The number of nitrogens with two attached hydrogens (primary N) is 1.